The van der Waals surface area contributed by atoms with Gasteiger partial charge in [-0.1, -0.05) is 44.2 Å². The Balaban J connectivity index is 2.23. The van der Waals surface area contributed by atoms with Crippen molar-refractivity contribution in [3.8, 4) is 5.69 Å². The van der Waals surface area contributed by atoms with Crippen LogP contribution in [0.25, 0.3) is 5.69 Å². The molecule has 20 heavy (non-hydrogen) atoms. The van der Waals surface area contributed by atoms with Gasteiger partial charge in [-0.25, -0.2) is 4.68 Å². The lowest BCUT2D eigenvalue weighted by atomic mass is 10.0. The van der Waals surface area contributed by atoms with Crippen molar-refractivity contribution in [3.63, 3.8) is 0 Å². The third-order valence-electron chi connectivity index (χ3n) is 3.42. The largest absolute Gasteiger partial charge is 0.309 e. The zero-order valence-electron chi connectivity index (χ0n) is 12.6. The minimum atomic E-state index is 0.303. The summed E-state index contributed by atoms with van der Waals surface area (Å²) in [5.74, 6) is 0.706. The van der Waals surface area contributed by atoms with Crippen LogP contribution in [-0.4, -0.2) is 21.5 Å². The summed E-state index contributed by atoms with van der Waals surface area (Å²) in [6.07, 6.45) is 4.17. The fourth-order valence-electron chi connectivity index (χ4n) is 2.35. The average Bonchev–Trinajstić information content (AvgIpc) is 2.93. The molecule has 0 spiro atoms. The van der Waals surface area contributed by atoms with E-state index in [0.717, 1.165) is 24.3 Å². The first-order chi connectivity index (χ1) is 9.72. The van der Waals surface area contributed by atoms with E-state index in [1.165, 1.54) is 6.42 Å². The topological polar surface area (TPSA) is 42.7 Å². The van der Waals surface area contributed by atoms with E-state index in [1.54, 1.807) is 0 Å². The van der Waals surface area contributed by atoms with Crippen LogP contribution in [0.1, 0.15) is 45.3 Å². The van der Waals surface area contributed by atoms with Crippen LogP contribution in [0, 0.1) is 5.92 Å². The molecule has 1 aromatic carbocycles. The third-order valence-corrected chi connectivity index (χ3v) is 3.42. The molecule has 0 fully saturated rings. The summed E-state index contributed by atoms with van der Waals surface area (Å²) in [6.45, 7) is 7.60. The van der Waals surface area contributed by atoms with Gasteiger partial charge in [0.25, 0.3) is 0 Å². The van der Waals surface area contributed by atoms with E-state index in [9.17, 15) is 0 Å². The Kier molecular flexibility index (Phi) is 5.30. The van der Waals surface area contributed by atoms with Crippen LogP contribution in [-0.2, 0) is 0 Å². The molecular weight excluding hydrogens is 248 g/mol. The van der Waals surface area contributed by atoms with Crippen molar-refractivity contribution < 1.29 is 0 Å². The number of hydrogen-bond acceptors (Lipinski definition) is 3. The van der Waals surface area contributed by atoms with Gasteiger partial charge in [0.2, 0.25) is 0 Å². The number of hydrogen-bond donors (Lipinski definition) is 1. The summed E-state index contributed by atoms with van der Waals surface area (Å²) in [5.41, 5.74) is 2.20. The molecule has 0 saturated carbocycles. The van der Waals surface area contributed by atoms with Gasteiger partial charge in [-0.3, -0.25) is 0 Å². The van der Waals surface area contributed by atoms with Crippen LogP contribution >= 0.6 is 0 Å². The molecule has 1 heterocycles. The number of benzene rings is 1. The summed E-state index contributed by atoms with van der Waals surface area (Å²) in [6, 6.07) is 10.5. The average molecular weight is 272 g/mol. The number of nitrogens with zero attached hydrogens (tertiary/aromatic N) is 3. The van der Waals surface area contributed by atoms with Gasteiger partial charge < -0.3 is 5.32 Å². The van der Waals surface area contributed by atoms with Crippen molar-refractivity contribution in [2.45, 2.75) is 39.7 Å². The molecule has 0 saturated heterocycles. The molecule has 4 heteroatoms. The molecule has 4 nitrogen and oxygen atoms in total. The van der Waals surface area contributed by atoms with Crippen molar-refractivity contribution in [2.75, 3.05) is 6.54 Å². The highest BCUT2D eigenvalue weighted by Crippen LogP contribution is 2.22. The summed E-state index contributed by atoms with van der Waals surface area (Å²) in [7, 11) is 0. The van der Waals surface area contributed by atoms with Crippen molar-refractivity contribution in [3.05, 3.63) is 42.2 Å². The molecule has 0 aliphatic carbocycles. The maximum Gasteiger partial charge on any atom is 0.0815 e. The molecule has 108 valence electrons. The van der Waals surface area contributed by atoms with Crippen LogP contribution in [0.3, 0.4) is 0 Å². The minimum absolute atomic E-state index is 0.303. The van der Waals surface area contributed by atoms with Crippen LogP contribution in [0.5, 0.6) is 0 Å². The smallest absolute Gasteiger partial charge is 0.0815 e. The Morgan fingerprint density at radius 3 is 2.55 bits per heavy atom. The lowest BCUT2D eigenvalue weighted by Crippen LogP contribution is -2.24. The highest BCUT2D eigenvalue weighted by molar-refractivity contribution is 5.32. The molecular formula is C16H24N4. The van der Waals surface area contributed by atoms with Gasteiger partial charge >= 0.3 is 0 Å². The van der Waals surface area contributed by atoms with Crippen molar-refractivity contribution >= 4 is 0 Å². The Bertz CT molecular complexity index is 504. The lowest BCUT2D eigenvalue weighted by Gasteiger charge is -2.19. The van der Waals surface area contributed by atoms with E-state index in [4.69, 9.17) is 0 Å². The van der Waals surface area contributed by atoms with Crippen molar-refractivity contribution in [1.29, 1.82) is 0 Å². The fraction of sp³-hybridized carbons (Fsp3) is 0.500. The summed E-state index contributed by atoms with van der Waals surface area (Å²) < 4.78 is 1.94. The molecule has 1 aromatic heterocycles. The number of nitrogens with one attached hydrogen (secondary N) is 1. The molecule has 1 unspecified atom stereocenters. The molecule has 0 aliphatic heterocycles. The first kappa shape index (κ1) is 14.7. The third kappa shape index (κ3) is 3.67. The predicted molar refractivity (Wildman–Crippen MR) is 81.8 cm³/mol. The van der Waals surface area contributed by atoms with Gasteiger partial charge in [0, 0.05) is 0 Å². The van der Waals surface area contributed by atoms with E-state index in [1.807, 2.05) is 29.1 Å². The number of rotatable bonds is 7. The Hall–Kier alpha value is -1.68. The van der Waals surface area contributed by atoms with Gasteiger partial charge in [-0.2, -0.15) is 0 Å². The maximum atomic E-state index is 4.24. The zero-order valence-corrected chi connectivity index (χ0v) is 12.6. The van der Waals surface area contributed by atoms with Gasteiger partial charge in [0.15, 0.2) is 0 Å². The van der Waals surface area contributed by atoms with E-state index < -0.39 is 0 Å². The normalized spacial score (nSPS) is 12.8. The lowest BCUT2D eigenvalue weighted by molar-refractivity contribution is 0.434. The van der Waals surface area contributed by atoms with Crippen LogP contribution in [0.2, 0.25) is 0 Å². The highest BCUT2D eigenvalue weighted by atomic mass is 15.4. The molecule has 0 aliphatic rings. The molecule has 1 atom stereocenters. The summed E-state index contributed by atoms with van der Waals surface area (Å²) >= 11 is 0. The van der Waals surface area contributed by atoms with Crippen LogP contribution in [0.4, 0.5) is 0 Å². The van der Waals surface area contributed by atoms with Crippen LogP contribution < -0.4 is 5.32 Å². The van der Waals surface area contributed by atoms with Gasteiger partial charge in [-0.05, 0) is 37.4 Å². The van der Waals surface area contributed by atoms with Gasteiger partial charge in [0.05, 0.1) is 23.6 Å². The highest BCUT2D eigenvalue weighted by Gasteiger charge is 2.17. The van der Waals surface area contributed by atoms with Crippen molar-refractivity contribution in [2.24, 2.45) is 5.92 Å². The van der Waals surface area contributed by atoms with E-state index >= 15 is 0 Å². The van der Waals surface area contributed by atoms with Crippen LogP contribution in [0.15, 0.2) is 36.5 Å². The quantitative estimate of drug-likeness (QED) is 0.840. The van der Waals surface area contributed by atoms with Crippen molar-refractivity contribution in [1.82, 2.24) is 20.3 Å². The number of para-hydroxylation sites is 1. The monoisotopic (exact) mass is 272 g/mol. The first-order valence-corrected chi connectivity index (χ1v) is 7.41. The maximum absolute atomic E-state index is 4.24. The SMILES string of the molecule is CCNC(CCC(C)C)c1cnnn1-c1ccccc1. The Morgan fingerprint density at radius 2 is 1.90 bits per heavy atom. The zero-order chi connectivity index (χ0) is 14.4. The molecule has 0 amide bonds. The Morgan fingerprint density at radius 1 is 1.15 bits per heavy atom. The fourth-order valence-corrected chi connectivity index (χ4v) is 2.35. The summed E-state index contributed by atoms with van der Waals surface area (Å²) in [5, 5.41) is 11.9. The van der Waals surface area contributed by atoms with E-state index in [0.29, 0.717) is 12.0 Å². The molecule has 1 N–H and O–H groups in total. The van der Waals surface area contributed by atoms with E-state index in [2.05, 4.69) is 48.5 Å². The van der Waals surface area contributed by atoms with Gasteiger partial charge in [0.1, 0.15) is 0 Å². The molecule has 0 radical (unpaired) electrons. The standard InChI is InChI=1S/C16H24N4/c1-4-17-15(11-10-13(2)3)16-12-18-19-20(16)14-8-6-5-7-9-14/h5-9,12-13,15,17H,4,10-11H2,1-3H3. The molecule has 2 rings (SSSR count). The molecule has 0 bridgehead atoms. The second-order valence-electron chi connectivity index (χ2n) is 5.49. The van der Waals surface area contributed by atoms with E-state index in [-0.39, 0.29) is 0 Å². The first-order valence-electron chi connectivity index (χ1n) is 7.41. The minimum Gasteiger partial charge on any atom is -0.309 e. The predicted octanol–water partition coefficient (Wildman–Crippen LogP) is 3.35. The number of aromatic nitrogens is 3. The second kappa shape index (κ2) is 7.20. The molecule has 2 aromatic rings. The summed E-state index contributed by atoms with van der Waals surface area (Å²) in [4.78, 5) is 0. The second-order valence-corrected chi connectivity index (χ2v) is 5.49. The Labute approximate surface area is 121 Å². The van der Waals surface area contributed by atoms with Gasteiger partial charge in [-0.15, -0.1) is 5.10 Å².